The Labute approximate surface area is 58.1 Å². The first-order valence-electron chi connectivity index (χ1n) is 3.20. The number of rotatable bonds is 0. The number of halogens is 1. The van der Waals surface area contributed by atoms with E-state index in [0.29, 0.717) is 6.54 Å². The van der Waals surface area contributed by atoms with Crippen LogP contribution in [0.1, 0.15) is 11.1 Å². The van der Waals surface area contributed by atoms with Gasteiger partial charge in [0, 0.05) is 24.8 Å². The highest BCUT2D eigenvalue weighted by molar-refractivity contribution is 5.27. The molecule has 2 nitrogen and oxygen atoms in total. The molecule has 1 aromatic rings. The number of nitrogens with one attached hydrogen (secondary N) is 1. The lowest BCUT2D eigenvalue weighted by Gasteiger charge is -1.95. The largest absolute Gasteiger partial charge is 0.308 e. The average molecular weight is 138 g/mol. The summed E-state index contributed by atoms with van der Waals surface area (Å²) in [4.78, 5) is 3.74. The van der Waals surface area contributed by atoms with Crippen LogP contribution in [-0.2, 0) is 13.1 Å². The number of pyridine rings is 1. The molecule has 0 radical (unpaired) electrons. The molecule has 1 aromatic heterocycles. The topological polar surface area (TPSA) is 24.9 Å². The number of hydrogen-bond donors (Lipinski definition) is 1. The van der Waals surface area contributed by atoms with E-state index in [1.54, 1.807) is 6.20 Å². The fourth-order valence-electron chi connectivity index (χ4n) is 1.17. The molecule has 1 aliphatic heterocycles. The standard InChI is InChI=1S/C7H7FN2/c8-7-4-10-2-5-1-9-3-6(5)7/h2,4,9H,1,3H2. The molecule has 0 saturated carbocycles. The minimum atomic E-state index is -0.192. The van der Waals surface area contributed by atoms with E-state index >= 15 is 0 Å². The van der Waals surface area contributed by atoms with Crippen molar-refractivity contribution in [3.8, 4) is 0 Å². The fraction of sp³-hybridized carbons (Fsp3) is 0.286. The highest BCUT2D eigenvalue weighted by Crippen LogP contribution is 2.15. The third-order valence-electron chi connectivity index (χ3n) is 1.71. The summed E-state index contributed by atoms with van der Waals surface area (Å²) in [5.41, 5.74) is 1.76. The Hall–Kier alpha value is -0.960. The molecule has 0 atom stereocenters. The zero-order chi connectivity index (χ0) is 6.97. The summed E-state index contributed by atoms with van der Waals surface area (Å²) in [7, 11) is 0. The quantitative estimate of drug-likeness (QED) is 0.574. The van der Waals surface area contributed by atoms with E-state index in [2.05, 4.69) is 10.3 Å². The second-order valence-corrected chi connectivity index (χ2v) is 2.36. The van der Waals surface area contributed by atoms with Crippen LogP contribution in [0, 0.1) is 5.82 Å². The molecule has 0 amide bonds. The molecule has 1 aliphatic rings. The van der Waals surface area contributed by atoms with E-state index in [1.807, 2.05) is 0 Å². The molecule has 1 N–H and O–H groups in total. The maximum atomic E-state index is 12.8. The Morgan fingerprint density at radius 2 is 2.30 bits per heavy atom. The van der Waals surface area contributed by atoms with E-state index in [9.17, 15) is 4.39 Å². The van der Waals surface area contributed by atoms with Crippen LogP contribution in [0.15, 0.2) is 12.4 Å². The van der Waals surface area contributed by atoms with Crippen LogP contribution in [0.2, 0.25) is 0 Å². The molecule has 0 saturated heterocycles. The van der Waals surface area contributed by atoms with Crippen LogP contribution in [0.3, 0.4) is 0 Å². The Balaban J connectivity index is 2.59. The van der Waals surface area contributed by atoms with Gasteiger partial charge in [0.05, 0.1) is 6.20 Å². The SMILES string of the molecule is Fc1cncc2c1CNC2. The Bertz CT molecular complexity index is 260. The smallest absolute Gasteiger partial charge is 0.146 e. The molecule has 52 valence electrons. The summed E-state index contributed by atoms with van der Waals surface area (Å²) in [6.45, 7) is 1.39. The second-order valence-electron chi connectivity index (χ2n) is 2.36. The first kappa shape index (κ1) is 5.80. The normalized spacial score (nSPS) is 15.3. The van der Waals surface area contributed by atoms with Crippen molar-refractivity contribution in [2.24, 2.45) is 0 Å². The van der Waals surface area contributed by atoms with Crippen LogP contribution in [0.5, 0.6) is 0 Å². The minimum absolute atomic E-state index is 0.192. The molecule has 0 fully saturated rings. The van der Waals surface area contributed by atoms with Gasteiger partial charge in [0.2, 0.25) is 0 Å². The van der Waals surface area contributed by atoms with E-state index in [0.717, 1.165) is 17.7 Å². The molecular weight excluding hydrogens is 131 g/mol. The maximum absolute atomic E-state index is 12.8. The Morgan fingerprint density at radius 1 is 1.40 bits per heavy atom. The lowest BCUT2D eigenvalue weighted by Crippen LogP contribution is -2.00. The summed E-state index contributed by atoms with van der Waals surface area (Å²) in [6, 6.07) is 0. The van der Waals surface area contributed by atoms with Crippen molar-refractivity contribution in [2.45, 2.75) is 13.1 Å². The van der Waals surface area contributed by atoms with E-state index in [1.165, 1.54) is 6.20 Å². The van der Waals surface area contributed by atoms with Gasteiger partial charge in [-0.3, -0.25) is 4.98 Å². The number of aromatic nitrogens is 1. The van der Waals surface area contributed by atoms with Gasteiger partial charge in [0.1, 0.15) is 5.82 Å². The monoisotopic (exact) mass is 138 g/mol. The van der Waals surface area contributed by atoms with E-state index in [-0.39, 0.29) is 5.82 Å². The van der Waals surface area contributed by atoms with Gasteiger partial charge in [-0.1, -0.05) is 0 Å². The molecule has 0 unspecified atom stereocenters. The van der Waals surface area contributed by atoms with Crippen molar-refractivity contribution in [1.82, 2.24) is 10.3 Å². The molecule has 3 heteroatoms. The van der Waals surface area contributed by atoms with Crippen LogP contribution < -0.4 is 5.32 Å². The zero-order valence-electron chi connectivity index (χ0n) is 5.39. The van der Waals surface area contributed by atoms with Gasteiger partial charge >= 0.3 is 0 Å². The fourth-order valence-corrected chi connectivity index (χ4v) is 1.17. The van der Waals surface area contributed by atoms with Crippen molar-refractivity contribution in [3.63, 3.8) is 0 Å². The second kappa shape index (κ2) is 2.02. The highest BCUT2D eigenvalue weighted by Gasteiger charge is 2.13. The Morgan fingerprint density at radius 3 is 3.10 bits per heavy atom. The summed E-state index contributed by atoms with van der Waals surface area (Å²) >= 11 is 0. The number of hydrogen-bond acceptors (Lipinski definition) is 2. The first-order chi connectivity index (χ1) is 4.88. The summed E-state index contributed by atoms with van der Waals surface area (Å²) in [6.07, 6.45) is 2.96. The van der Waals surface area contributed by atoms with Crippen LogP contribution in [0.25, 0.3) is 0 Å². The predicted octanol–water partition coefficient (Wildman–Crippen LogP) is 0.824. The highest BCUT2D eigenvalue weighted by atomic mass is 19.1. The van der Waals surface area contributed by atoms with Gasteiger partial charge in [-0.05, 0) is 5.56 Å². The Kier molecular flexibility index (Phi) is 1.17. The van der Waals surface area contributed by atoms with Gasteiger partial charge in [-0.25, -0.2) is 4.39 Å². The summed E-state index contributed by atoms with van der Waals surface area (Å²) in [5, 5.41) is 3.05. The molecule has 0 aliphatic carbocycles. The molecule has 0 spiro atoms. The molecule has 0 aromatic carbocycles. The number of nitrogens with zero attached hydrogens (tertiary/aromatic N) is 1. The van der Waals surface area contributed by atoms with Crippen molar-refractivity contribution in [3.05, 3.63) is 29.3 Å². The molecule has 2 rings (SSSR count). The van der Waals surface area contributed by atoms with Crippen LogP contribution >= 0.6 is 0 Å². The van der Waals surface area contributed by atoms with Crippen molar-refractivity contribution < 1.29 is 4.39 Å². The maximum Gasteiger partial charge on any atom is 0.146 e. The first-order valence-corrected chi connectivity index (χ1v) is 3.20. The molecule has 2 heterocycles. The third-order valence-corrected chi connectivity index (χ3v) is 1.71. The minimum Gasteiger partial charge on any atom is -0.308 e. The summed E-state index contributed by atoms with van der Waals surface area (Å²) < 4.78 is 12.8. The third kappa shape index (κ3) is 0.708. The van der Waals surface area contributed by atoms with Crippen molar-refractivity contribution in [2.75, 3.05) is 0 Å². The van der Waals surface area contributed by atoms with Gasteiger partial charge in [0.15, 0.2) is 0 Å². The lowest BCUT2D eigenvalue weighted by atomic mass is 10.2. The van der Waals surface area contributed by atoms with Gasteiger partial charge in [0.25, 0.3) is 0 Å². The van der Waals surface area contributed by atoms with Crippen molar-refractivity contribution >= 4 is 0 Å². The molecular formula is C7H7FN2. The van der Waals surface area contributed by atoms with Gasteiger partial charge < -0.3 is 5.32 Å². The zero-order valence-corrected chi connectivity index (χ0v) is 5.39. The van der Waals surface area contributed by atoms with Gasteiger partial charge in [-0.2, -0.15) is 0 Å². The van der Waals surface area contributed by atoms with Crippen molar-refractivity contribution in [1.29, 1.82) is 0 Å². The van der Waals surface area contributed by atoms with Crippen LogP contribution in [-0.4, -0.2) is 4.98 Å². The number of fused-ring (bicyclic) bond motifs is 1. The van der Waals surface area contributed by atoms with E-state index in [4.69, 9.17) is 0 Å². The molecule has 10 heavy (non-hydrogen) atoms. The van der Waals surface area contributed by atoms with Gasteiger partial charge in [-0.15, -0.1) is 0 Å². The molecule has 0 bridgehead atoms. The summed E-state index contributed by atoms with van der Waals surface area (Å²) in [5.74, 6) is -0.192. The lowest BCUT2D eigenvalue weighted by molar-refractivity contribution is 0.602. The predicted molar refractivity (Wildman–Crippen MR) is 34.7 cm³/mol. The van der Waals surface area contributed by atoms with Crippen LogP contribution in [0.4, 0.5) is 4.39 Å². The average Bonchev–Trinajstić information content (AvgIpc) is 2.36. The van der Waals surface area contributed by atoms with E-state index < -0.39 is 0 Å².